The molecule has 0 aliphatic carbocycles. The molecule has 0 unspecified atom stereocenters. The molecule has 0 bridgehead atoms. The predicted octanol–water partition coefficient (Wildman–Crippen LogP) is 2.33. The molecule has 4 heterocycles. The maximum atomic E-state index is 13.1. The van der Waals surface area contributed by atoms with E-state index >= 15 is 0 Å². The fourth-order valence-corrected chi connectivity index (χ4v) is 4.88. The summed E-state index contributed by atoms with van der Waals surface area (Å²) in [7, 11) is 0. The summed E-state index contributed by atoms with van der Waals surface area (Å²) >= 11 is 0. The van der Waals surface area contributed by atoms with Crippen LogP contribution in [0.1, 0.15) is 51.0 Å². The number of ether oxygens (including phenoxy) is 1. The first-order chi connectivity index (χ1) is 14.2. The fourth-order valence-electron chi connectivity index (χ4n) is 4.88. The summed E-state index contributed by atoms with van der Waals surface area (Å²) < 4.78 is 5.58. The summed E-state index contributed by atoms with van der Waals surface area (Å²) in [5.74, 6) is 1.17. The number of nitrogens with one attached hydrogen (secondary N) is 1. The number of likely N-dealkylation sites (tertiary alicyclic amines) is 2. The van der Waals surface area contributed by atoms with E-state index in [1.165, 1.54) is 0 Å². The van der Waals surface area contributed by atoms with Gasteiger partial charge in [-0.2, -0.15) is 0 Å². The number of aromatic nitrogens is 2. The first-order valence-corrected chi connectivity index (χ1v) is 11.4. The van der Waals surface area contributed by atoms with Crippen molar-refractivity contribution in [3.8, 4) is 0 Å². The second-order valence-electron chi connectivity index (χ2n) is 8.71. The van der Waals surface area contributed by atoms with Crippen molar-refractivity contribution in [2.45, 2.75) is 64.0 Å². The average molecular weight is 402 g/mol. The summed E-state index contributed by atoms with van der Waals surface area (Å²) in [6.07, 6.45) is 11.1. The maximum Gasteiger partial charge on any atom is 0.226 e. The van der Waals surface area contributed by atoms with Crippen molar-refractivity contribution in [2.24, 2.45) is 5.92 Å². The predicted molar refractivity (Wildman–Crippen MR) is 113 cm³/mol. The van der Waals surface area contributed by atoms with Crippen LogP contribution in [0.25, 0.3) is 0 Å². The van der Waals surface area contributed by atoms with E-state index in [1.54, 1.807) is 0 Å². The van der Waals surface area contributed by atoms with Gasteiger partial charge in [0.1, 0.15) is 0 Å². The number of carbonyl (C=O) groups excluding carboxylic acids is 1. The lowest BCUT2D eigenvalue weighted by atomic mass is 9.99. The zero-order chi connectivity index (χ0) is 20.1. The quantitative estimate of drug-likeness (QED) is 0.817. The van der Waals surface area contributed by atoms with Crippen LogP contribution in [-0.2, 0) is 16.0 Å². The summed E-state index contributed by atoms with van der Waals surface area (Å²) in [5.41, 5.74) is 1.15. The highest BCUT2D eigenvalue weighted by atomic mass is 16.5. The van der Waals surface area contributed by atoms with Gasteiger partial charge in [-0.1, -0.05) is 6.92 Å². The van der Waals surface area contributed by atoms with Gasteiger partial charge in [-0.3, -0.25) is 9.69 Å². The summed E-state index contributed by atoms with van der Waals surface area (Å²) in [6.45, 7) is 7.44. The Labute approximate surface area is 174 Å². The van der Waals surface area contributed by atoms with E-state index in [0.717, 1.165) is 89.9 Å². The highest BCUT2D eigenvalue weighted by molar-refractivity contribution is 5.79. The normalized spacial score (nSPS) is 27.0. The number of amides is 1. The van der Waals surface area contributed by atoms with Crippen LogP contribution < -0.4 is 5.32 Å². The molecule has 2 atom stereocenters. The van der Waals surface area contributed by atoms with Gasteiger partial charge >= 0.3 is 0 Å². The molecular formula is C22H35N5O2. The van der Waals surface area contributed by atoms with E-state index < -0.39 is 0 Å². The monoisotopic (exact) mass is 401 g/mol. The molecule has 1 amide bonds. The van der Waals surface area contributed by atoms with Gasteiger partial charge in [0, 0.05) is 63.9 Å². The van der Waals surface area contributed by atoms with E-state index in [9.17, 15) is 4.79 Å². The topological polar surface area (TPSA) is 70.6 Å². The number of anilines is 1. The van der Waals surface area contributed by atoms with Crippen LogP contribution in [0.2, 0.25) is 0 Å². The Morgan fingerprint density at radius 1 is 1.10 bits per heavy atom. The molecule has 4 rings (SSSR count). The van der Waals surface area contributed by atoms with Gasteiger partial charge in [-0.05, 0) is 50.5 Å². The Kier molecular flexibility index (Phi) is 6.98. The number of nitrogens with zero attached hydrogens (tertiary/aromatic N) is 4. The Morgan fingerprint density at radius 2 is 1.83 bits per heavy atom. The van der Waals surface area contributed by atoms with Crippen LogP contribution in [0.4, 0.5) is 5.95 Å². The van der Waals surface area contributed by atoms with Crippen molar-refractivity contribution >= 4 is 11.9 Å². The number of aryl methyl sites for hydroxylation is 1. The minimum absolute atomic E-state index is 0.103. The molecule has 160 valence electrons. The molecule has 0 radical (unpaired) electrons. The summed E-state index contributed by atoms with van der Waals surface area (Å²) in [6, 6.07) is 0.769. The first-order valence-electron chi connectivity index (χ1n) is 11.4. The van der Waals surface area contributed by atoms with Crippen LogP contribution in [-0.4, -0.2) is 77.2 Å². The standard InChI is InChI=1S/C22H35N5O2/c1-2-17-13-23-22(24-14-17)25-19-6-5-18(21(28)26-9-3-4-10-26)15-27(16-19)20-7-11-29-12-8-20/h13-14,18-20H,2-12,15-16H2,1H3,(H,23,24,25)/t18-,19+/m1/s1. The highest BCUT2D eigenvalue weighted by Crippen LogP contribution is 2.26. The molecule has 0 spiro atoms. The van der Waals surface area contributed by atoms with E-state index in [0.29, 0.717) is 17.9 Å². The number of rotatable bonds is 5. The van der Waals surface area contributed by atoms with Crippen LogP contribution in [0.15, 0.2) is 12.4 Å². The molecule has 0 saturated carbocycles. The molecule has 29 heavy (non-hydrogen) atoms. The number of hydrogen-bond donors (Lipinski definition) is 1. The lowest BCUT2D eigenvalue weighted by Crippen LogP contribution is -2.47. The highest BCUT2D eigenvalue weighted by Gasteiger charge is 2.35. The third kappa shape index (κ3) is 5.25. The summed E-state index contributed by atoms with van der Waals surface area (Å²) in [5, 5.41) is 3.55. The van der Waals surface area contributed by atoms with Crippen molar-refractivity contribution in [3.05, 3.63) is 18.0 Å². The van der Waals surface area contributed by atoms with Crippen molar-refractivity contribution in [2.75, 3.05) is 44.7 Å². The van der Waals surface area contributed by atoms with Crippen molar-refractivity contribution in [3.63, 3.8) is 0 Å². The molecule has 1 N–H and O–H groups in total. The molecule has 1 aromatic heterocycles. The molecule has 0 aromatic carbocycles. The molecule has 3 saturated heterocycles. The molecule has 7 heteroatoms. The SMILES string of the molecule is CCc1cnc(N[C@H]2CC[C@@H](C(=O)N3CCCC3)CN(C3CCOCC3)C2)nc1. The third-order valence-electron chi connectivity index (χ3n) is 6.69. The van der Waals surface area contributed by atoms with Crippen LogP contribution in [0.5, 0.6) is 0 Å². The van der Waals surface area contributed by atoms with Gasteiger partial charge < -0.3 is 15.0 Å². The van der Waals surface area contributed by atoms with E-state index in [4.69, 9.17) is 4.74 Å². The van der Waals surface area contributed by atoms with Gasteiger partial charge in [-0.25, -0.2) is 9.97 Å². The molecule has 3 fully saturated rings. The van der Waals surface area contributed by atoms with E-state index in [2.05, 4.69) is 32.0 Å². The lowest BCUT2D eigenvalue weighted by Gasteiger charge is -2.36. The molecule has 7 nitrogen and oxygen atoms in total. The Morgan fingerprint density at radius 3 is 2.52 bits per heavy atom. The molecular weight excluding hydrogens is 366 g/mol. The number of hydrogen-bond acceptors (Lipinski definition) is 6. The minimum Gasteiger partial charge on any atom is -0.381 e. The zero-order valence-electron chi connectivity index (χ0n) is 17.7. The third-order valence-corrected chi connectivity index (χ3v) is 6.69. The largest absolute Gasteiger partial charge is 0.381 e. The van der Waals surface area contributed by atoms with Crippen molar-refractivity contribution in [1.29, 1.82) is 0 Å². The van der Waals surface area contributed by atoms with E-state index in [1.807, 2.05) is 12.4 Å². The van der Waals surface area contributed by atoms with Crippen molar-refractivity contribution in [1.82, 2.24) is 19.8 Å². The zero-order valence-corrected chi connectivity index (χ0v) is 17.7. The molecule has 3 aliphatic rings. The first kappa shape index (κ1) is 20.5. The van der Waals surface area contributed by atoms with Gasteiger partial charge in [0.15, 0.2) is 0 Å². The van der Waals surface area contributed by atoms with Gasteiger partial charge in [0.05, 0.1) is 5.92 Å². The van der Waals surface area contributed by atoms with Crippen LogP contribution in [0.3, 0.4) is 0 Å². The van der Waals surface area contributed by atoms with Gasteiger partial charge in [-0.15, -0.1) is 0 Å². The minimum atomic E-state index is 0.103. The lowest BCUT2D eigenvalue weighted by molar-refractivity contribution is -0.135. The second kappa shape index (κ2) is 9.85. The Hall–Kier alpha value is -1.73. The second-order valence-corrected chi connectivity index (χ2v) is 8.71. The fraction of sp³-hybridized carbons (Fsp3) is 0.773. The maximum absolute atomic E-state index is 13.1. The average Bonchev–Trinajstić information content (AvgIpc) is 3.23. The molecule has 3 aliphatic heterocycles. The van der Waals surface area contributed by atoms with Crippen LogP contribution >= 0.6 is 0 Å². The summed E-state index contributed by atoms with van der Waals surface area (Å²) in [4.78, 5) is 26.8. The van der Waals surface area contributed by atoms with Crippen molar-refractivity contribution < 1.29 is 9.53 Å². The van der Waals surface area contributed by atoms with E-state index in [-0.39, 0.29) is 12.0 Å². The van der Waals surface area contributed by atoms with Gasteiger partial charge in [0.25, 0.3) is 0 Å². The number of carbonyl (C=O) groups is 1. The Balaban J connectivity index is 1.45. The van der Waals surface area contributed by atoms with Gasteiger partial charge in [0.2, 0.25) is 11.9 Å². The van der Waals surface area contributed by atoms with Crippen LogP contribution in [0, 0.1) is 5.92 Å². The molecule has 1 aromatic rings. The Bertz CT molecular complexity index is 656. The smallest absolute Gasteiger partial charge is 0.226 e.